The number of nitriles is 1. The molecule has 3 rings (SSSR count). The maximum atomic E-state index is 9.19. The van der Waals surface area contributed by atoms with Gasteiger partial charge >= 0.3 is 0 Å². The second-order valence-electron chi connectivity index (χ2n) is 6.39. The Morgan fingerprint density at radius 2 is 1.92 bits per heavy atom. The summed E-state index contributed by atoms with van der Waals surface area (Å²) in [5, 5.41) is 16.3. The first kappa shape index (κ1) is 17.3. The van der Waals surface area contributed by atoms with Crippen LogP contribution in [0.2, 0.25) is 0 Å². The summed E-state index contributed by atoms with van der Waals surface area (Å²) in [6, 6.07) is 12.7. The van der Waals surface area contributed by atoms with Gasteiger partial charge in [-0.15, -0.1) is 0 Å². The van der Waals surface area contributed by atoms with E-state index in [2.05, 4.69) is 57.9 Å². The van der Waals surface area contributed by atoms with Gasteiger partial charge in [0.15, 0.2) is 11.5 Å². The van der Waals surface area contributed by atoms with E-state index in [0.717, 1.165) is 26.1 Å². The summed E-state index contributed by atoms with van der Waals surface area (Å²) in [5.41, 5.74) is 1.46. The molecule has 1 aliphatic rings. The van der Waals surface area contributed by atoms with Gasteiger partial charge in [0.25, 0.3) is 0 Å². The monoisotopic (exact) mass is 337 g/mol. The molecule has 0 amide bonds. The van der Waals surface area contributed by atoms with E-state index in [0.29, 0.717) is 18.1 Å². The van der Waals surface area contributed by atoms with E-state index in [4.69, 9.17) is 4.74 Å². The Balaban J connectivity index is 1.73. The maximum absolute atomic E-state index is 9.19. The van der Waals surface area contributed by atoms with Crippen molar-refractivity contribution in [1.82, 2.24) is 15.3 Å². The molecule has 25 heavy (non-hydrogen) atoms. The van der Waals surface area contributed by atoms with Crippen molar-refractivity contribution in [2.75, 3.05) is 25.1 Å². The van der Waals surface area contributed by atoms with Crippen molar-refractivity contribution in [2.45, 2.75) is 31.3 Å². The second kappa shape index (κ2) is 8.06. The van der Waals surface area contributed by atoms with Gasteiger partial charge in [-0.2, -0.15) is 5.26 Å². The zero-order chi connectivity index (χ0) is 17.5. The predicted molar refractivity (Wildman–Crippen MR) is 96.0 cm³/mol. The third kappa shape index (κ3) is 4.32. The van der Waals surface area contributed by atoms with Crippen LogP contribution in [0.5, 0.6) is 0 Å². The number of anilines is 1. The van der Waals surface area contributed by atoms with Crippen LogP contribution in [0.25, 0.3) is 0 Å². The van der Waals surface area contributed by atoms with E-state index in [1.54, 1.807) is 6.20 Å². The largest absolute Gasteiger partial charge is 0.381 e. The molecule has 2 heterocycles. The van der Waals surface area contributed by atoms with E-state index in [1.807, 2.05) is 6.07 Å². The SMILES string of the molecule is C[C@H](NC1(CNc2nccnc2C#N)CCOCC1)c1ccccc1. The molecule has 1 atom stereocenters. The van der Waals surface area contributed by atoms with Crippen LogP contribution >= 0.6 is 0 Å². The third-order valence-electron chi connectivity index (χ3n) is 4.67. The van der Waals surface area contributed by atoms with Gasteiger partial charge in [-0.3, -0.25) is 0 Å². The molecule has 1 aliphatic heterocycles. The number of benzene rings is 1. The standard InChI is InChI=1S/C19H23N5O/c1-15(16-5-3-2-4-6-16)24-19(7-11-25-12-8-19)14-23-18-17(13-20)21-9-10-22-18/h2-6,9-10,15,24H,7-8,11-12,14H2,1H3,(H,22,23)/t15-/m0/s1. The summed E-state index contributed by atoms with van der Waals surface area (Å²) in [7, 11) is 0. The first-order valence-electron chi connectivity index (χ1n) is 8.58. The summed E-state index contributed by atoms with van der Waals surface area (Å²) >= 11 is 0. The molecule has 1 saturated heterocycles. The third-order valence-corrected chi connectivity index (χ3v) is 4.67. The minimum atomic E-state index is -0.113. The molecule has 0 bridgehead atoms. The van der Waals surface area contributed by atoms with Gasteiger partial charge < -0.3 is 15.4 Å². The van der Waals surface area contributed by atoms with Crippen LogP contribution in [0.4, 0.5) is 5.82 Å². The van der Waals surface area contributed by atoms with Crippen LogP contribution in [-0.4, -0.2) is 35.3 Å². The molecule has 6 nitrogen and oxygen atoms in total. The summed E-state index contributed by atoms with van der Waals surface area (Å²) in [5.74, 6) is 0.532. The van der Waals surface area contributed by atoms with E-state index >= 15 is 0 Å². The van der Waals surface area contributed by atoms with E-state index < -0.39 is 0 Å². The average Bonchev–Trinajstić information content (AvgIpc) is 2.68. The summed E-state index contributed by atoms with van der Waals surface area (Å²) in [6.45, 7) is 4.29. The van der Waals surface area contributed by atoms with Crippen molar-refractivity contribution < 1.29 is 4.74 Å². The predicted octanol–water partition coefficient (Wildman–Crippen LogP) is 2.66. The molecule has 2 aromatic rings. The number of hydrogen-bond donors (Lipinski definition) is 2. The highest BCUT2D eigenvalue weighted by molar-refractivity contribution is 5.47. The molecule has 6 heteroatoms. The lowest BCUT2D eigenvalue weighted by molar-refractivity contribution is 0.0389. The summed E-state index contributed by atoms with van der Waals surface area (Å²) < 4.78 is 5.56. The molecule has 1 aromatic heterocycles. The van der Waals surface area contributed by atoms with Crippen molar-refractivity contribution in [3.8, 4) is 6.07 Å². The van der Waals surface area contributed by atoms with Crippen molar-refractivity contribution in [1.29, 1.82) is 5.26 Å². The van der Waals surface area contributed by atoms with E-state index in [-0.39, 0.29) is 11.6 Å². The Kier molecular flexibility index (Phi) is 5.59. The summed E-state index contributed by atoms with van der Waals surface area (Å²) in [6.07, 6.45) is 4.93. The summed E-state index contributed by atoms with van der Waals surface area (Å²) in [4.78, 5) is 8.31. The lowest BCUT2D eigenvalue weighted by Gasteiger charge is -2.40. The fourth-order valence-corrected chi connectivity index (χ4v) is 3.22. The minimum absolute atomic E-state index is 0.113. The van der Waals surface area contributed by atoms with Crippen molar-refractivity contribution in [3.05, 3.63) is 54.0 Å². The Morgan fingerprint density at radius 1 is 1.20 bits per heavy atom. The number of nitrogens with zero attached hydrogens (tertiary/aromatic N) is 3. The van der Waals surface area contributed by atoms with Gasteiger partial charge in [0.1, 0.15) is 6.07 Å². The van der Waals surface area contributed by atoms with Gasteiger partial charge in [0, 0.05) is 43.7 Å². The van der Waals surface area contributed by atoms with Gasteiger partial charge in [-0.25, -0.2) is 9.97 Å². The molecule has 0 radical (unpaired) electrons. The maximum Gasteiger partial charge on any atom is 0.182 e. The fraction of sp³-hybridized carbons (Fsp3) is 0.421. The number of hydrogen-bond acceptors (Lipinski definition) is 6. The Bertz CT molecular complexity index is 722. The lowest BCUT2D eigenvalue weighted by Crippen LogP contribution is -2.54. The number of rotatable bonds is 6. The molecule has 1 aromatic carbocycles. The normalized spacial score (nSPS) is 17.4. The Morgan fingerprint density at radius 3 is 2.64 bits per heavy atom. The van der Waals surface area contributed by atoms with Gasteiger partial charge in [0.05, 0.1) is 0 Å². The highest BCUT2D eigenvalue weighted by Gasteiger charge is 2.34. The van der Waals surface area contributed by atoms with E-state index in [1.165, 1.54) is 11.8 Å². The molecule has 0 unspecified atom stereocenters. The van der Waals surface area contributed by atoms with Gasteiger partial charge in [-0.05, 0) is 25.3 Å². The smallest absolute Gasteiger partial charge is 0.182 e. The quantitative estimate of drug-likeness (QED) is 0.843. The lowest BCUT2D eigenvalue weighted by atomic mass is 9.88. The van der Waals surface area contributed by atoms with Gasteiger partial charge in [-0.1, -0.05) is 30.3 Å². The van der Waals surface area contributed by atoms with Crippen LogP contribution in [0.15, 0.2) is 42.7 Å². The number of ether oxygens (including phenoxy) is 1. The molecule has 1 fully saturated rings. The molecular weight excluding hydrogens is 314 g/mol. The van der Waals surface area contributed by atoms with E-state index in [9.17, 15) is 5.26 Å². The van der Waals surface area contributed by atoms with Crippen LogP contribution in [0.3, 0.4) is 0 Å². The zero-order valence-electron chi connectivity index (χ0n) is 14.4. The van der Waals surface area contributed by atoms with Crippen molar-refractivity contribution in [3.63, 3.8) is 0 Å². The topological polar surface area (TPSA) is 82.9 Å². The molecule has 2 N–H and O–H groups in total. The first-order chi connectivity index (χ1) is 12.2. The van der Waals surface area contributed by atoms with Crippen LogP contribution < -0.4 is 10.6 Å². The Hall–Kier alpha value is -2.49. The highest BCUT2D eigenvalue weighted by Crippen LogP contribution is 2.26. The van der Waals surface area contributed by atoms with Crippen LogP contribution in [0, 0.1) is 11.3 Å². The second-order valence-corrected chi connectivity index (χ2v) is 6.39. The fourth-order valence-electron chi connectivity index (χ4n) is 3.22. The zero-order valence-corrected chi connectivity index (χ0v) is 14.4. The minimum Gasteiger partial charge on any atom is -0.381 e. The number of aromatic nitrogens is 2. The van der Waals surface area contributed by atoms with Crippen molar-refractivity contribution in [2.24, 2.45) is 0 Å². The molecule has 0 saturated carbocycles. The Labute approximate surface area is 148 Å². The molecule has 130 valence electrons. The average molecular weight is 337 g/mol. The molecule has 0 spiro atoms. The van der Waals surface area contributed by atoms with Crippen LogP contribution in [0.1, 0.15) is 37.1 Å². The van der Waals surface area contributed by atoms with Gasteiger partial charge in [0.2, 0.25) is 0 Å². The van der Waals surface area contributed by atoms with Crippen molar-refractivity contribution >= 4 is 5.82 Å². The molecule has 0 aliphatic carbocycles. The highest BCUT2D eigenvalue weighted by atomic mass is 16.5. The molecular formula is C19H23N5O. The first-order valence-corrected chi connectivity index (χ1v) is 8.58. The van der Waals surface area contributed by atoms with Crippen LogP contribution in [-0.2, 0) is 4.74 Å². The number of nitrogens with one attached hydrogen (secondary N) is 2.